The molecule has 0 fully saturated rings. The first-order valence-electron chi connectivity index (χ1n) is 5.10. The molecule has 0 aliphatic heterocycles. The van der Waals surface area contributed by atoms with E-state index in [-0.39, 0.29) is 6.04 Å². The number of aromatic amines is 1. The van der Waals surface area contributed by atoms with Gasteiger partial charge in [-0.05, 0) is 43.5 Å². The van der Waals surface area contributed by atoms with Crippen LogP contribution in [0.2, 0.25) is 5.02 Å². The van der Waals surface area contributed by atoms with Gasteiger partial charge in [-0.15, -0.1) is 0 Å². The molecule has 1 unspecified atom stereocenters. The number of nitrogens with one attached hydrogen (secondary N) is 1. The van der Waals surface area contributed by atoms with Gasteiger partial charge >= 0.3 is 0 Å². The fraction of sp³-hybridized carbons (Fsp3) is 0.333. The van der Waals surface area contributed by atoms with Crippen LogP contribution in [0.15, 0.2) is 18.3 Å². The van der Waals surface area contributed by atoms with Crippen LogP contribution in [0.1, 0.15) is 18.1 Å². The smallest absolute Gasteiger partial charge is 0.0649 e. The summed E-state index contributed by atoms with van der Waals surface area (Å²) in [5.74, 6) is 0. The Bertz CT molecular complexity index is 486. The van der Waals surface area contributed by atoms with E-state index in [0.29, 0.717) is 0 Å². The summed E-state index contributed by atoms with van der Waals surface area (Å²) in [5.41, 5.74) is 9.34. The van der Waals surface area contributed by atoms with Gasteiger partial charge in [0.1, 0.15) is 0 Å². The van der Waals surface area contributed by atoms with Crippen molar-refractivity contribution in [1.82, 2.24) is 4.98 Å². The summed E-state index contributed by atoms with van der Waals surface area (Å²) in [6.07, 6.45) is 2.78. The van der Waals surface area contributed by atoms with Gasteiger partial charge in [-0.3, -0.25) is 0 Å². The first-order valence-corrected chi connectivity index (χ1v) is 5.48. The number of nitrogens with two attached hydrogens (primary N) is 1. The van der Waals surface area contributed by atoms with E-state index in [1.165, 1.54) is 16.5 Å². The Balaban J connectivity index is 2.60. The molecule has 1 aromatic heterocycles. The van der Waals surface area contributed by atoms with Crippen molar-refractivity contribution in [2.24, 2.45) is 5.73 Å². The summed E-state index contributed by atoms with van der Waals surface area (Å²) < 4.78 is 0. The van der Waals surface area contributed by atoms with Crippen LogP contribution in [0, 0.1) is 6.92 Å². The number of rotatable bonds is 2. The van der Waals surface area contributed by atoms with Crippen LogP contribution < -0.4 is 5.73 Å². The molecule has 2 nitrogen and oxygen atoms in total. The predicted molar refractivity (Wildman–Crippen MR) is 65.4 cm³/mol. The molecule has 0 saturated carbocycles. The maximum Gasteiger partial charge on any atom is 0.0649 e. The minimum atomic E-state index is 0.163. The molecule has 0 radical (unpaired) electrons. The molecule has 0 aliphatic rings. The molecule has 1 aromatic carbocycles. The molecule has 1 atom stereocenters. The summed E-state index contributed by atoms with van der Waals surface area (Å²) >= 11 is 6.19. The van der Waals surface area contributed by atoms with Gasteiger partial charge in [0.2, 0.25) is 0 Å². The molecule has 2 aromatic rings. The van der Waals surface area contributed by atoms with Gasteiger partial charge in [-0.25, -0.2) is 0 Å². The normalized spacial score (nSPS) is 13.3. The van der Waals surface area contributed by atoms with Crippen LogP contribution in [0.4, 0.5) is 0 Å². The Hall–Kier alpha value is -0.990. The van der Waals surface area contributed by atoms with Gasteiger partial charge in [-0.1, -0.05) is 11.6 Å². The van der Waals surface area contributed by atoms with Gasteiger partial charge < -0.3 is 10.7 Å². The quantitative estimate of drug-likeness (QED) is 0.806. The Morgan fingerprint density at radius 2 is 2.27 bits per heavy atom. The molecular weight excluding hydrogens is 208 g/mol. The summed E-state index contributed by atoms with van der Waals surface area (Å²) in [4.78, 5) is 3.15. The Kier molecular flexibility index (Phi) is 2.72. The highest BCUT2D eigenvalue weighted by Gasteiger charge is 2.09. The average molecular weight is 223 g/mol. The van der Waals surface area contributed by atoms with Gasteiger partial charge in [0, 0.05) is 17.6 Å². The van der Waals surface area contributed by atoms with E-state index < -0.39 is 0 Å². The van der Waals surface area contributed by atoms with Crippen LogP contribution in [0.5, 0.6) is 0 Å². The summed E-state index contributed by atoms with van der Waals surface area (Å²) in [6, 6.07) is 4.23. The van der Waals surface area contributed by atoms with E-state index in [4.69, 9.17) is 17.3 Å². The van der Waals surface area contributed by atoms with E-state index in [9.17, 15) is 0 Å². The molecule has 3 N–H and O–H groups in total. The summed E-state index contributed by atoms with van der Waals surface area (Å²) in [6.45, 7) is 4.12. The van der Waals surface area contributed by atoms with Crippen molar-refractivity contribution in [2.75, 3.05) is 0 Å². The molecule has 0 aliphatic carbocycles. The number of hydrogen-bond acceptors (Lipinski definition) is 1. The fourth-order valence-electron chi connectivity index (χ4n) is 1.94. The zero-order chi connectivity index (χ0) is 11.0. The van der Waals surface area contributed by atoms with Crippen LogP contribution in [-0.2, 0) is 6.42 Å². The minimum Gasteiger partial charge on any atom is -0.360 e. The Morgan fingerprint density at radius 3 is 2.93 bits per heavy atom. The second-order valence-corrected chi connectivity index (χ2v) is 4.50. The fourth-order valence-corrected chi connectivity index (χ4v) is 2.23. The third-order valence-corrected chi connectivity index (χ3v) is 3.01. The lowest BCUT2D eigenvalue weighted by molar-refractivity contribution is 0.736. The highest BCUT2D eigenvalue weighted by atomic mass is 35.5. The minimum absolute atomic E-state index is 0.163. The van der Waals surface area contributed by atoms with Crippen molar-refractivity contribution in [3.63, 3.8) is 0 Å². The summed E-state index contributed by atoms with van der Waals surface area (Å²) in [5, 5.41) is 1.97. The first-order chi connectivity index (χ1) is 7.09. The number of fused-ring (bicyclic) bond motifs is 1. The van der Waals surface area contributed by atoms with E-state index in [1.807, 2.05) is 19.2 Å². The molecule has 80 valence electrons. The Morgan fingerprint density at radius 1 is 1.53 bits per heavy atom. The van der Waals surface area contributed by atoms with Crippen molar-refractivity contribution in [3.8, 4) is 0 Å². The standard InChI is InChI=1S/C12H15ClN2/c1-7(14)5-9-6-11(13)12-10(8(9)2)3-4-15-12/h3-4,6-7,15H,5,14H2,1-2H3. The van der Waals surface area contributed by atoms with E-state index >= 15 is 0 Å². The second kappa shape index (κ2) is 3.87. The average Bonchev–Trinajstić information content (AvgIpc) is 2.61. The zero-order valence-corrected chi connectivity index (χ0v) is 9.73. The molecule has 0 saturated heterocycles. The predicted octanol–water partition coefficient (Wildman–Crippen LogP) is 3.02. The van der Waals surface area contributed by atoms with Crippen molar-refractivity contribution in [1.29, 1.82) is 0 Å². The molecule has 2 rings (SSSR count). The number of halogens is 1. The highest BCUT2D eigenvalue weighted by Crippen LogP contribution is 2.28. The lowest BCUT2D eigenvalue weighted by Crippen LogP contribution is -2.18. The molecule has 3 heteroatoms. The number of H-pyrrole nitrogens is 1. The van der Waals surface area contributed by atoms with E-state index in [0.717, 1.165) is 17.0 Å². The third kappa shape index (κ3) is 1.87. The van der Waals surface area contributed by atoms with Gasteiger partial charge in [-0.2, -0.15) is 0 Å². The SMILES string of the molecule is Cc1c(CC(C)N)cc(Cl)c2[nH]ccc12. The van der Waals surface area contributed by atoms with Crippen molar-refractivity contribution < 1.29 is 0 Å². The second-order valence-electron chi connectivity index (χ2n) is 4.09. The molecule has 0 amide bonds. The molecule has 1 heterocycles. The lowest BCUT2D eigenvalue weighted by Gasteiger charge is -2.10. The highest BCUT2D eigenvalue weighted by molar-refractivity contribution is 6.35. The molecule has 0 spiro atoms. The molecular formula is C12H15ClN2. The summed E-state index contributed by atoms with van der Waals surface area (Å²) in [7, 11) is 0. The van der Waals surface area contributed by atoms with Crippen molar-refractivity contribution in [2.45, 2.75) is 26.3 Å². The lowest BCUT2D eigenvalue weighted by atomic mass is 9.99. The maximum atomic E-state index is 6.19. The van der Waals surface area contributed by atoms with E-state index in [2.05, 4.69) is 18.0 Å². The number of hydrogen-bond donors (Lipinski definition) is 2. The van der Waals surface area contributed by atoms with Crippen molar-refractivity contribution in [3.05, 3.63) is 34.5 Å². The number of aromatic nitrogens is 1. The third-order valence-electron chi connectivity index (χ3n) is 2.71. The first kappa shape index (κ1) is 10.5. The van der Waals surface area contributed by atoms with Crippen LogP contribution in [-0.4, -0.2) is 11.0 Å². The number of aryl methyl sites for hydroxylation is 1. The number of benzene rings is 1. The van der Waals surface area contributed by atoms with Gasteiger partial charge in [0.15, 0.2) is 0 Å². The van der Waals surface area contributed by atoms with E-state index in [1.54, 1.807) is 0 Å². The van der Waals surface area contributed by atoms with Crippen LogP contribution in [0.25, 0.3) is 10.9 Å². The van der Waals surface area contributed by atoms with Crippen LogP contribution >= 0.6 is 11.6 Å². The van der Waals surface area contributed by atoms with Crippen LogP contribution in [0.3, 0.4) is 0 Å². The topological polar surface area (TPSA) is 41.8 Å². The van der Waals surface area contributed by atoms with Gasteiger partial charge in [0.05, 0.1) is 10.5 Å². The zero-order valence-electron chi connectivity index (χ0n) is 8.97. The van der Waals surface area contributed by atoms with Crippen molar-refractivity contribution >= 4 is 22.5 Å². The largest absolute Gasteiger partial charge is 0.360 e. The maximum absolute atomic E-state index is 6.19. The van der Waals surface area contributed by atoms with Gasteiger partial charge in [0.25, 0.3) is 0 Å². The Labute approximate surface area is 94.4 Å². The monoisotopic (exact) mass is 222 g/mol. The molecule has 0 bridgehead atoms. The molecule has 15 heavy (non-hydrogen) atoms.